The fourth-order valence-electron chi connectivity index (χ4n) is 1.35. The Bertz CT molecular complexity index is 445. The van der Waals surface area contributed by atoms with Crippen molar-refractivity contribution in [1.82, 2.24) is 4.98 Å². The molecule has 0 fully saturated rings. The molecule has 0 radical (unpaired) electrons. The number of hydrogen-bond donors (Lipinski definition) is 4. The van der Waals surface area contributed by atoms with Gasteiger partial charge in [0, 0.05) is 23.3 Å². The number of nitrogens with zero attached hydrogens (tertiary/aromatic N) is 1. The van der Waals surface area contributed by atoms with Gasteiger partial charge in [0.2, 0.25) is 0 Å². The molecule has 0 saturated carbocycles. The van der Waals surface area contributed by atoms with Crippen LogP contribution in [0, 0.1) is 6.92 Å². The maximum atomic E-state index is 10.5. The highest BCUT2D eigenvalue weighted by molar-refractivity contribution is 7.98. The first kappa shape index (κ1) is 18.0. The van der Waals surface area contributed by atoms with E-state index < -0.39 is 12.0 Å². The molecule has 6 nitrogen and oxygen atoms in total. The van der Waals surface area contributed by atoms with Crippen LogP contribution in [0.25, 0.3) is 0 Å². The first-order valence-electron chi connectivity index (χ1n) is 5.30. The zero-order chi connectivity index (χ0) is 13.7. The van der Waals surface area contributed by atoms with Crippen molar-refractivity contribution >= 4 is 30.1 Å². The van der Waals surface area contributed by atoms with Crippen LogP contribution in [0.2, 0.25) is 0 Å². The zero-order valence-electron chi connectivity index (χ0n) is 10.4. The van der Waals surface area contributed by atoms with Gasteiger partial charge in [0.15, 0.2) is 0 Å². The summed E-state index contributed by atoms with van der Waals surface area (Å²) in [6.45, 7) is 1.36. The molecule has 19 heavy (non-hydrogen) atoms. The van der Waals surface area contributed by atoms with E-state index in [-0.39, 0.29) is 30.5 Å². The van der Waals surface area contributed by atoms with Crippen LogP contribution in [0.3, 0.4) is 0 Å². The monoisotopic (exact) mass is 308 g/mol. The molecule has 1 rings (SSSR count). The Balaban J connectivity index is 0.00000324. The molecule has 0 aromatic carbocycles. The van der Waals surface area contributed by atoms with Gasteiger partial charge in [-0.15, -0.1) is 12.4 Å². The Labute approximate surface area is 121 Å². The Morgan fingerprint density at radius 3 is 2.74 bits per heavy atom. The summed E-state index contributed by atoms with van der Waals surface area (Å²) in [5.41, 5.74) is 6.94. The highest BCUT2D eigenvalue weighted by atomic mass is 35.5. The number of rotatable bonds is 6. The summed E-state index contributed by atoms with van der Waals surface area (Å²) in [5, 5.41) is 27.6. The third-order valence-electron chi connectivity index (χ3n) is 2.46. The lowest BCUT2D eigenvalue weighted by Gasteiger charge is -2.11. The van der Waals surface area contributed by atoms with E-state index in [2.05, 4.69) is 4.98 Å². The van der Waals surface area contributed by atoms with Crippen molar-refractivity contribution in [3.63, 3.8) is 0 Å². The predicted molar refractivity (Wildman–Crippen MR) is 75.6 cm³/mol. The van der Waals surface area contributed by atoms with Crippen molar-refractivity contribution in [2.75, 3.05) is 5.75 Å². The summed E-state index contributed by atoms with van der Waals surface area (Å²) in [6.07, 6.45) is 1.57. The van der Waals surface area contributed by atoms with Crippen molar-refractivity contribution < 1.29 is 20.1 Å². The summed E-state index contributed by atoms with van der Waals surface area (Å²) in [5.74, 6) is -0.361. The third kappa shape index (κ3) is 4.87. The molecule has 108 valence electrons. The molecule has 0 aliphatic heterocycles. The number of aliphatic hydroxyl groups excluding tert-OH is 1. The van der Waals surface area contributed by atoms with Crippen molar-refractivity contribution in [3.05, 3.63) is 23.0 Å². The molecule has 1 unspecified atom stereocenters. The van der Waals surface area contributed by atoms with Gasteiger partial charge in [-0.1, -0.05) is 0 Å². The van der Waals surface area contributed by atoms with Gasteiger partial charge in [-0.3, -0.25) is 9.78 Å². The van der Waals surface area contributed by atoms with Crippen molar-refractivity contribution in [2.24, 2.45) is 5.73 Å². The average molecular weight is 309 g/mol. The molecule has 0 bridgehead atoms. The molecular formula is C11H17ClN2O4S. The van der Waals surface area contributed by atoms with E-state index in [1.54, 1.807) is 13.1 Å². The number of halogens is 1. The molecule has 0 spiro atoms. The maximum absolute atomic E-state index is 10.5. The number of carbonyl (C=O) groups is 1. The lowest BCUT2D eigenvalue weighted by molar-refractivity contribution is -0.137. The standard InChI is InChI=1S/C11H16N2O4S.ClH/c1-6-10(15)8(3-14)7(2-13-6)4-18-5-9(12)11(16)17;/h2,9,14-15H,3-5,12H2,1H3,(H,16,17);1H. The largest absolute Gasteiger partial charge is 0.506 e. The van der Waals surface area contributed by atoms with E-state index in [9.17, 15) is 15.0 Å². The molecular weight excluding hydrogens is 292 g/mol. The Hall–Kier alpha value is -1.02. The molecule has 0 aliphatic carbocycles. The van der Waals surface area contributed by atoms with Crippen molar-refractivity contribution in [2.45, 2.75) is 25.3 Å². The number of carboxylic acids is 1. The highest BCUT2D eigenvalue weighted by Gasteiger charge is 2.14. The number of hydrogen-bond acceptors (Lipinski definition) is 6. The minimum Gasteiger partial charge on any atom is -0.506 e. The lowest BCUT2D eigenvalue weighted by atomic mass is 10.1. The number of aryl methyl sites for hydroxylation is 1. The minimum atomic E-state index is -1.05. The first-order chi connectivity index (χ1) is 8.47. The number of pyridine rings is 1. The Morgan fingerprint density at radius 1 is 1.58 bits per heavy atom. The number of aliphatic hydroxyl groups is 1. The van der Waals surface area contributed by atoms with Gasteiger partial charge in [-0.25, -0.2) is 0 Å². The van der Waals surface area contributed by atoms with E-state index in [1.807, 2.05) is 0 Å². The second-order valence-electron chi connectivity index (χ2n) is 3.81. The van der Waals surface area contributed by atoms with Crippen LogP contribution in [0.4, 0.5) is 0 Å². The molecule has 0 amide bonds. The van der Waals surface area contributed by atoms with Gasteiger partial charge in [-0.2, -0.15) is 11.8 Å². The molecule has 5 N–H and O–H groups in total. The lowest BCUT2D eigenvalue weighted by Crippen LogP contribution is -2.32. The van der Waals surface area contributed by atoms with Crippen LogP contribution >= 0.6 is 24.2 Å². The first-order valence-corrected chi connectivity index (χ1v) is 6.46. The third-order valence-corrected chi connectivity index (χ3v) is 3.57. The molecule has 1 aromatic heterocycles. The molecule has 0 aliphatic rings. The maximum Gasteiger partial charge on any atom is 0.321 e. The van der Waals surface area contributed by atoms with Crippen LogP contribution in [0.5, 0.6) is 5.75 Å². The SMILES string of the molecule is Cc1ncc(CSCC(N)C(=O)O)c(CO)c1O.Cl. The summed E-state index contributed by atoms with van der Waals surface area (Å²) >= 11 is 1.32. The second kappa shape index (κ2) is 8.21. The molecule has 1 aromatic rings. The highest BCUT2D eigenvalue weighted by Crippen LogP contribution is 2.26. The number of aromatic hydroxyl groups is 1. The van der Waals surface area contributed by atoms with Gasteiger partial charge in [0.05, 0.1) is 12.3 Å². The van der Waals surface area contributed by atoms with Crippen molar-refractivity contribution in [3.8, 4) is 5.75 Å². The fourth-order valence-corrected chi connectivity index (χ4v) is 2.34. The average Bonchev–Trinajstić information content (AvgIpc) is 2.33. The van der Waals surface area contributed by atoms with Crippen LogP contribution in [0.15, 0.2) is 6.20 Å². The predicted octanol–water partition coefficient (Wildman–Crippen LogP) is 0.655. The minimum absolute atomic E-state index is 0. The summed E-state index contributed by atoms with van der Waals surface area (Å²) < 4.78 is 0. The van der Waals surface area contributed by atoms with E-state index in [4.69, 9.17) is 10.8 Å². The van der Waals surface area contributed by atoms with Gasteiger partial charge in [0.1, 0.15) is 11.8 Å². The van der Waals surface area contributed by atoms with E-state index in [1.165, 1.54) is 11.8 Å². The Kier molecular flexibility index (Phi) is 7.77. The summed E-state index contributed by atoms with van der Waals surface area (Å²) in [6, 6.07) is -0.917. The second-order valence-corrected chi connectivity index (χ2v) is 4.84. The Morgan fingerprint density at radius 2 is 2.21 bits per heavy atom. The van der Waals surface area contributed by atoms with Gasteiger partial charge in [-0.05, 0) is 12.5 Å². The topological polar surface area (TPSA) is 117 Å². The van der Waals surface area contributed by atoms with Crippen molar-refractivity contribution in [1.29, 1.82) is 0 Å². The molecule has 8 heteroatoms. The van der Waals surface area contributed by atoms with Crippen LogP contribution in [-0.2, 0) is 17.2 Å². The number of thioether (sulfide) groups is 1. The molecule has 0 saturated heterocycles. The van der Waals surface area contributed by atoms with E-state index in [0.29, 0.717) is 22.6 Å². The van der Waals surface area contributed by atoms with Gasteiger partial charge in [0.25, 0.3) is 0 Å². The summed E-state index contributed by atoms with van der Waals surface area (Å²) in [4.78, 5) is 14.5. The molecule has 1 atom stereocenters. The normalized spacial score (nSPS) is 11.7. The summed E-state index contributed by atoms with van der Waals surface area (Å²) in [7, 11) is 0. The van der Waals surface area contributed by atoms with Crippen LogP contribution in [-0.4, -0.2) is 38.1 Å². The van der Waals surface area contributed by atoms with E-state index in [0.717, 1.165) is 0 Å². The number of aliphatic carboxylic acids is 1. The zero-order valence-corrected chi connectivity index (χ0v) is 12.0. The van der Waals surface area contributed by atoms with E-state index >= 15 is 0 Å². The van der Waals surface area contributed by atoms with Gasteiger partial charge < -0.3 is 21.1 Å². The number of nitrogens with two attached hydrogens (primary N) is 1. The molecule has 1 heterocycles. The smallest absolute Gasteiger partial charge is 0.321 e. The number of carboxylic acid groups (broad SMARTS) is 1. The number of aromatic nitrogens is 1. The van der Waals surface area contributed by atoms with Crippen LogP contribution < -0.4 is 5.73 Å². The fraction of sp³-hybridized carbons (Fsp3) is 0.455. The van der Waals surface area contributed by atoms with Crippen LogP contribution in [0.1, 0.15) is 16.8 Å². The quantitative estimate of drug-likeness (QED) is 0.609. The van der Waals surface area contributed by atoms with Gasteiger partial charge >= 0.3 is 5.97 Å².